The average molecular weight is 310 g/mol. The van der Waals surface area contributed by atoms with Crippen LogP contribution in [0.25, 0.3) is 0 Å². The Morgan fingerprint density at radius 2 is 2.24 bits per heavy atom. The molecular weight excluding hydrogens is 284 g/mol. The zero-order valence-electron chi connectivity index (χ0n) is 13.0. The average Bonchev–Trinajstić information content (AvgIpc) is 2.83. The Morgan fingerprint density at radius 3 is 2.90 bits per heavy atom. The number of hydrogen-bond acceptors (Lipinski definition) is 5. The number of nitrogens with zero attached hydrogens (tertiary/aromatic N) is 3. The Bertz CT molecular complexity index is 447. The molecule has 0 aliphatic carbocycles. The summed E-state index contributed by atoms with van der Waals surface area (Å²) in [5.74, 6) is 0.0971. The van der Waals surface area contributed by atoms with E-state index in [2.05, 4.69) is 22.2 Å². The number of rotatable bonds is 5. The largest absolute Gasteiger partial charge is 0.340 e. The molecule has 21 heavy (non-hydrogen) atoms. The molecule has 2 rings (SSSR count). The topological polar surface area (TPSA) is 62.5 Å². The van der Waals surface area contributed by atoms with E-state index in [1.54, 1.807) is 11.3 Å². The number of carbonyl (C=O) groups is 1. The Kier molecular flexibility index (Phi) is 5.72. The van der Waals surface area contributed by atoms with Crippen molar-refractivity contribution >= 4 is 17.2 Å². The zero-order chi connectivity index (χ0) is 15.3. The maximum Gasteiger partial charge on any atom is 0.242 e. The summed E-state index contributed by atoms with van der Waals surface area (Å²) in [5.41, 5.74) is 8.45. The molecule has 5 nitrogen and oxygen atoms in total. The molecule has 0 bridgehead atoms. The van der Waals surface area contributed by atoms with Gasteiger partial charge < -0.3 is 10.6 Å². The molecule has 0 radical (unpaired) electrons. The summed E-state index contributed by atoms with van der Waals surface area (Å²) in [6, 6.07) is 0. The monoisotopic (exact) mass is 310 g/mol. The smallest absolute Gasteiger partial charge is 0.242 e. The van der Waals surface area contributed by atoms with Gasteiger partial charge in [0.15, 0.2) is 0 Å². The highest BCUT2D eigenvalue weighted by atomic mass is 32.1. The molecule has 1 aliphatic rings. The first-order valence-electron chi connectivity index (χ1n) is 7.70. The number of amides is 1. The van der Waals surface area contributed by atoms with Crippen molar-refractivity contribution in [3.05, 3.63) is 16.6 Å². The summed E-state index contributed by atoms with van der Waals surface area (Å²) in [7, 11) is 0. The van der Waals surface area contributed by atoms with Gasteiger partial charge in [0, 0.05) is 38.1 Å². The molecule has 0 aromatic carbocycles. The van der Waals surface area contributed by atoms with Crippen molar-refractivity contribution in [2.45, 2.75) is 45.2 Å². The molecule has 1 aromatic rings. The molecule has 1 amide bonds. The zero-order valence-corrected chi connectivity index (χ0v) is 13.9. The first-order chi connectivity index (χ1) is 10.0. The molecule has 0 spiro atoms. The van der Waals surface area contributed by atoms with Crippen molar-refractivity contribution in [3.63, 3.8) is 0 Å². The predicted molar refractivity (Wildman–Crippen MR) is 86.1 cm³/mol. The van der Waals surface area contributed by atoms with Crippen LogP contribution in [0.15, 0.2) is 10.9 Å². The van der Waals surface area contributed by atoms with Crippen LogP contribution < -0.4 is 5.73 Å². The standard InChI is InChI=1S/C15H26N4OS/c1-3-5-15(2,16)14(20)19-7-4-6-18(8-9-19)10-13-11-21-12-17-13/h11-12H,3-10,16H2,1-2H3. The summed E-state index contributed by atoms with van der Waals surface area (Å²) in [5, 5.41) is 2.09. The van der Waals surface area contributed by atoms with Crippen LogP contribution in [0.4, 0.5) is 0 Å². The van der Waals surface area contributed by atoms with Gasteiger partial charge in [-0.1, -0.05) is 13.3 Å². The Morgan fingerprint density at radius 1 is 1.43 bits per heavy atom. The third-order valence-electron chi connectivity index (χ3n) is 4.00. The first kappa shape index (κ1) is 16.4. The SMILES string of the molecule is CCCC(C)(N)C(=O)N1CCCN(Cc2cscn2)CC1. The van der Waals surface area contributed by atoms with E-state index in [0.717, 1.165) is 57.7 Å². The summed E-state index contributed by atoms with van der Waals surface area (Å²) in [4.78, 5) is 21.2. The second kappa shape index (κ2) is 7.33. The van der Waals surface area contributed by atoms with Gasteiger partial charge in [-0.3, -0.25) is 9.69 Å². The molecule has 1 unspecified atom stereocenters. The molecule has 1 saturated heterocycles. The molecule has 1 aliphatic heterocycles. The fraction of sp³-hybridized carbons (Fsp3) is 0.733. The van der Waals surface area contributed by atoms with Crippen LogP contribution in [-0.2, 0) is 11.3 Å². The number of hydrogen-bond donors (Lipinski definition) is 1. The second-order valence-corrected chi connectivity index (χ2v) is 6.79. The van der Waals surface area contributed by atoms with Crippen molar-refractivity contribution in [3.8, 4) is 0 Å². The van der Waals surface area contributed by atoms with Crippen molar-refractivity contribution in [2.24, 2.45) is 5.73 Å². The molecule has 1 aromatic heterocycles. The van der Waals surface area contributed by atoms with Crippen LogP contribution in [0.3, 0.4) is 0 Å². The fourth-order valence-corrected chi connectivity index (χ4v) is 3.41. The highest BCUT2D eigenvalue weighted by Crippen LogP contribution is 2.15. The maximum absolute atomic E-state index is 12.6. The minimum Gasteiger partial charge on any atom is -0.340 e. The van der Waals surface area contributed by atoms with Gasteiger partial charge in [-0.2, -0.15) is 0 Å². The Hall–Kier alpha value is -0.980. The maximum atomic E-state index is 12.6. The van der Waals surface area contributed by atoms with E-state index in [-0.39, 0.29) is 5.91 Å². The Balaban J connectivity index is 1.89. The van der Waals surface area contributed by atoms with Crippen molar-refractivity contribution in [1.82, 2.24) is 14.8 Å². The van der Waals surface area contributed by atoms with Crippen LogP contribution in [0.1, 0.15) is 38.8 Å². The quantitative estimate of drug-likeness (QED) is 0.899. The fourth-order valence-electron chi connectivity index (χ4n) is 2.86. The lowest BCUT2D eigenvalue weighted by Crippen LogP contribution is -2.53. The minimum absolute atomic E-state index is 0.0971. The van der Waals surface area contributed by atoms with E-state index >= 15 is 0 Å². The first-order valence-corrected chi connectivity index (χ1v) is 8.65. The molecule has 1 fully saturated rings. The summed E-state index contributed by atoms with van der Waals surface area (Å²) < 4.78 is 0. The van der Waals surface area contributed by atoms with E-state index in [1.165, 1.54) is 0 Å². The Labute approximate surface area is 131 Å². The molecule has 0 saturated carbocycles. The third kappa shape index (κ3) is 4.49. The van der Waals surface area contributed by atoms with Gasteiger partial charge in [-0.05, 0) is 19.8 Å². The summed E-state index contributed by atoms with van der Waals surface area (Å²) >= 11 is 1.63. The third-order valence-corrected chi connectivity index (χ3v) is 4.64. The van der Waals surface area contributed by atoms with Gasteiger partial charge in [0.1, 0.15) is 0 Å². The van der Waals surface area contributed by atoms with E-state index in [4.69, 9.17) is 5.73 Å². The highest BCUT2D eigenvalue weighted by molar-refractivity contribution is 7.07. The highest BCUT2D eigenvalue weighted by Gasteiger charge is 2.32. The van der Waals surface area contributed by atoms with Gasteiger partial charge in [-0.15, -0.1) is 11.3 Å². The van der Waals surface area contributed by atoms with Gasteiger partial charge in [0.05, 0.1) is 16.7 Å². The summed E-state index contributed by atoms with van der Waals surface area (Å²) in [6.07, 6.45) is 2.67. The number of nitrogens with two attached hydrogens (primary N) is 1. The molecule has 118 valence electrons. The van der Waals surface area contributed by atoms with Crippen molar-refractivity contribution in [2.75, 3.05) is 26.2 Å². The van der Waals surface area contributed by atoms with E-state index in [1.807, 2.05) is 17.3 Å². The minimum atomic E-state index is -0.723. The number of thiazole rings is 1. The van der Waals surface area contributed by atoms with Crippen LogP contribution in [-0.4, -0.2) is 52.4 Å². The molecule has 1 atom stereocenters. The number of carbonyl (C=O) groups excluding carboxylic acids is 1. The van der Waals surface area contributed by atoms with Crippen LogP contribution >= 0.6 is 11.3 Å². The van der Waals surface area contributed by atoms with Crippen LogP contribution in [0.5, 0.6) is 0 Å². The van der Waals surface area contributed by atoms with E-state index < -0.39 is 5.54 Å². The lowest BCUT2D eigenvalue weighted by atomic mass is 9.95. The molecule has 2 N–H and O–H groups in total. The molecular formula is C15H26N4OS. The van der Waals surface area contributed by atoms with Gasteiger partial charge in [-0.25, -0.2) is 4.98 Å². The van der Waals surface area contributed by atoms with E-state index in [0.29, 0.717) is 0 Å². The molecule has 6 heteroatoms. The second-order valence-electron chi connectivity index (χ2n) is 6.07. The number of aromatic nitrogens is 1. The van der Waals surface area contributed by atoms with Gasteiger partial charge in [0.2, 0.25) is 5.91 Å². The summed E-state index contributed by atoms with van der Waals surface area (Å²) in [6.45, 7) is 8.28. The normalized spacial score (nSPS) is 20.0. The van der Waals surface area contributed by atoms with Crippen LogP contribution in [0, 0.1) is 0 Å². The van der Waals surface area contributed by atoms with Crippen molar-refractivity contribution in [1.29, 1.82) is 0 Å². The van der Waals surface area contributed by atoms with E-state index in [9.17, 15) is 4.79 Å². The molecule has 2 heterocycles. The van der Waals surface area contributed by atoms with Crippen molar-refractivity contribution < 1.29 is 4.79 Å². The van der Waals surface area contributed by atoms with Gasteiger partial charge in [0.25, 0.3) is 0 Å². The van der Waals surface area contributed by atoms with Gasteiger partial charge >= 0.3 is 0 Å². The predicted octanol–water partition coefficient (Wildman–Crippen LogP) is 1.69. The lowest BCUT2D eigenvalue weighted by molar-refractivity contribution is -0.136. The lowest BCUT2D eigenvalue weighted by Gasteiger charge is -2.31. The van der Waals surface area contributed by atoms with Crippen LogP contribution in [0.2, 0.25) is 0 Å².